The first kappa shape index (κ1) is 19.3. The number of thioether (sulfide) groups is 1. The van der Waals surface area contributed by atoms with Crippen LogP contribution in [0.4, 0.5) is 4.39 Å². The first-order valence-electron chi connectivity index (χ1n) is 8.42. The highest BCUT2D eigenvalue weighted by atomic mass is 32.2. The molecule has 1 atom stereocenters. The summed E-state index contributed by atoms with van der Waals surface area (Å²) in [6.45, 7) is 4.48. The fourth-order valence-corrected chi connectivity index (χ4v) is 3.17. The summed E-state index contributed by atoms with van der Waals surface area (Å²) in [7, 11) is 0. The summed E-state index contributed by atoms with van der Waals surface area (Å²) >= 11 is 1.77. The molecule has 0 aliphatic carbocycles. The van der Waals surface area contributed by atoms with Crippen molar-refractivity contribution in [1.82, 2.24) is 5.32 Å². The van der Waals surface area contributed by atoms with E-state index < -0.39 is 11.9 Å². The maximum absolute atomic E-state index is 13.6. The molecule has 0 heterocycles. The third kappa shape index (κ3) is 6.42. The second-order valence-corrected chi connectivity index (χ2v) is 6.88. The highest BCUT2D eigenvalue weighted by Gasteiger charge is 2.19. The molecule has 0 aliphatic rings. The maximum atomic E-state index is 13.6. The number of halogens is 1. The van der Waals surface area contributed by atoms with Crippen molar-refractivity contribution in [2.24, 2.45) is 0 Å². The summed E-state index contributed by atoms with van der Waals surface area (Å²) in [6.07, 6.45) is -0.199. The molecule has 0 fully saturated rings. The van der Waals surface area contributed by atoms with Crippen LogP contribution in [-0.4, -0.2) is 24.3 Å². The van der Waals surface area contributed by atoms with Crippen molar-refractivity contribution < 1.29 is 13.9 Å². The van der Waals surface area contributed by atoms with Gasteiger partial charge in [-0.1, -0.05) is 48.9 Å². The average molecular weight is 361 g/mol. The van der Waals surface area contributed by atoms with Gasteiger partial charge in [0.05, 0.1) is 0 Å². The van der Waals surface area contributed by atoms with E-state index in [2.05, 4.69) is 36.5 Å². The summed E-state index contributed by atoms with van der Waals surface area (Å²) in [5.41, 5.74) is 2.54. The summed E-state index contributed by atoms with van der Waals surface area (Å²) in [5.74, 6) is 1.18. The SMILES string of the molecule is CC[C@@H](Oc1ccccc1F)C(=O)NCCSCc1cccc(C)c1. The van der Waals surface area contributed by atoms with Gasteiger partial charge in [-0.3, -0.25) is 4.79 Å². The Labute approximate surface area is 153 Å². The van der Waals surface area contributed by atoms with Crippen LogP contribution in [0.2, 0.25) is 0 Å². The number of rotatable bonds is 9. The van der Waals surface area contributed by atoms with Crippen LogP contribution in [0.15, 0.2) is 48.5 Å². The Morgan fingerprint density at radius 3 is 2.76 bits per heavy atom. The van der Waals surface area contributed by atoms with Crippen LogP contribution in [0.25, 0.3) is 0 Å². The zero-order valence-electron chi connectivity index (χ0n) is 14.6. The fourth-order valence-electron chi connectivity index (χ4n) is 2.37. The van der Waals surface area contributed by atoms with Crippen LogP contribution >= 0.6 is 11.8 Å². The molecule has 2 aromatic carbocycles. The van der Waals surface area contributed by atoms with E-state index in [0.29, 0.717) is 13.0 Å². The summed E-state index contributed by atoms with van der Waals surface area (Å²) in [6, 6.07) is 14.5. The Balaban J connectivity index is 1.72. The number of hydrogen-bond donors (Lipinski definition) is 1. The van der Waals surface area contributed by atoms with E-state index in [4.69, 9.17) is 4.74 Å². The van der Waals surface area contributed by atoms with Gasteiger partial charge in [-0.15, -0.1) is 0 Å². The van der Waals surface area contributed by atoms with Crippen LogP contribution in [-0.2, 0) is 10.5 Å². The van der Waals surface area contributed by atoms with Crippen molar-refractivity contribution in [2.75, 3.05) is 12.3 Å². The van der Waals surface area contributed by atoms with Gasteiger partial charge in [0.25, 0.3) is 5.91 Å². The normalized spacial score (nSPS) is 11.8. The molecule has 1 amide bonds. The zero-order chi connectivity index (χ0) is 18.1. The van der Waals surface area contributed by atoms with Crippen molar-refractivity contribution in [3.8, 4) is 5.75 Å². The Hall–Kier alpha value is -2.01. The molecule has 0 saturated carbocycles. The molecule has 25 heavy (non-hydrogen) atoms. The predicted molar refractivity (Wildman–Crippen MR) is 101 cm³/mol. The Bertz CT molecular complexity index is 693. The molecule has 0 saturated heterocycles. The Morgan fingerprint density at radius 1 is 1.24 bits per heavy atom. The largest absolute Gasteiger partial charge is 0.478 e. The number of nitrogens with one attached hydrogen (secondary N) is 1. The summed E-state index contributed by atoms with van der Waals surface area (Å²) < 4.78 is 19.1. The minimum atomic E-state index is -0.682. The van der Waals surface area contributed by atoms with Gasteiger partial charge < -0.3 is 10.1 Å². The van der Waals surface area contributed by atoms with E-state index in [1.54, 1.807) is 23.9 Å². The van der Waals surface area contributed by atoms with Crippen LogP contribution in [0.1, 0.15) is 24.5 Å². The van der Waals surface area contributed by atoms with Gasteiger partial charge in [-0.25, -0.2) is 4.39 Å². The third-order valence-electron chi connectivity index (χ3n) is 3.67. The molecule has 2 rings (SSSR count). The number of hydrogen-bond acceptors (Lipinski definition) is 3. The lowest BCUT2D eigenvalue weighted by molar-refractivity contribution is -0.128. The van der Waals surface area contributed by atoms with Crippen molar-refractivity contribution in [2.45, 2.75) is 32.1 Å². The van der Waals surface area contributed by atoms with Crippen LogP contribution in [0, 0.1) is 12.7 Å². The first-order chi connectivity index (χ1) is 12.1. The van der Waals surface area contributed by atoms with E-state index in [1.807, 2.05) is 6.92 Å². The fraction of sp³-hybridized carbons (Fsp3) is 0.350. The smallest absolute Gasteiger partial charge is 0.261 e. The number of amides is 1. The van der Waals surface area contributed by atoms with Crippen molar-refractivity contribution in [3.63, 3.8) is 0 Å². The second kappa shape index (κ2) is 10.1. The molecule has 0 radical (unpaired) electrons. The maximum Gasteiger partial charge on any atom is 0.261 e. The lowest BCUT2D eigenvalue weighted by atomic mass is 10.2. The quantitative estimate of drug-likeness (QED) is 0.675. The number of aryl methyl sites for hydroxylation is 1. The summed E-state index contributed by atoms with van der Waals surface area (Å²) in [4.78, 5) is 12.2. The molecule has 0 aliphatic heterocycles. The zero-order valence-corrected chi connectivity index (χ0v) is 15.4. The third-order valence-corrected chi connectivity index (χ3v) is 4.70. The molecular weight excluding hydrogens is 337 g/mol. The molecule has 134 valence electrons. The first-order valence-corrected chi connectivity index (χ1v) is 9.57. The van der Waals surface area contributed by atoms with E-state index >= 15 is 0 Å². The number of carbonyl (C=O) groups is 1. The van der Waals surface area contributed by atoms with Gasteiger partial charge in [-0.2, -0.15) is 11.8 Å². The van der Waals surface area contributed by atoms with Crippen LogP contribution in [0.3, 0.4) is 0 Å². The van der Waals surface area contributed by atoms with E-state index in [0.717, 1.165) is 11.5 Å². The number of ether oxygens (including phenoxy) is 1. The van der Waals surface area contributed by atoms with Gasteiger partial charge in [0.1, 0.15) is 0 Å². The number of benzene rings is 2. The molecule has 0 aromatic heterocycles. The number of para-hydroxylation sites is 1. The van der Waals surface area contributed by atoms with E-state index in [9.17, 15) is 9.18 Å². The lowest BCUT2D eigenvalue weighted by Gasteiger charge is -2.17. The monoisotopic (exact) mass is 361 g/mol. The molecule has 5 heteroatoms. The van der Waals surface area contributed by atoms with Gasteiger partial charge in [0.2, 0.25) is 0 Å². The van der Waals surface area contributed by atoms with Crippen LogP contribution < -0.4 is 10.1 Å². The minimum absolute atomic E-state index is 0.110. The predicted octanol–water partition coefficient (Wildman–Crippen LogP) is 4.34. The van der Waals surface area contributed by atoms with Gasteiger partial charge >= 0.3 is 0 Å². The van der Waals surface area contributed by atoms with Gasteiger partial charge in [0, 0.05) is 18.1 Å². The minimum Gasteiger partial charge on any atom is -0.478 e. The highest BCUT2D eigenvalue weighted by Crippen LogP contribution is 2.18. The van der Waals surface area contributed by atoms with Crippen molar-refractivity contribution >= 4 is 17.7 Å². The standard InChI is InChI=1S/C20H24FNO2S/c1-3-18(24-19-10-5-4-9-17(19)21)20(23)22-11-12-25-14-16-8-6-7-15(2)13-16/h4-10,13,18H,3,11-12,14H2,1-2H3,(H,22,23)/t18-/m1/s1. The highest BCUT2D eigenvalue weighted by molar-refractivity contribution is 7.98. The Kier molecular flexibility index (Phi) is 7.79. The second-order valence-electron chi connectivity index (χ2n) is 5.78. The molecule has 0 bridgehead atoms. The molecule has 1 N–H and O–H groups in total. The van der Waals surface area contributed by atoms with E-state index in [1.165, 1.54) is 23.3 Å². The van der Waals surface area contributed by atoms with E-state index in [-0.39, 0.29) is 11.7 Å². The van der Waals surface area contributed by atoms with Crippen LogP contribution in [0.5, 0.6) is 5.75 Å². The summed E-state index contributed by atoms with van der Waals surface area (Å²) in [5, 5.41) is 2.86. The molecule has 3 nitrogen and oxygen atoms in total. The van der Waals surface area contributed by atoms with Gasteiger partial charge in [0.15, 0.2) is 17.7 Å². The number of carbonyl (C=O) groups excluding carboxylic acids is 1. The van der Waals surface area contributed by atoms with Gasteiger partial charge in [-0.05, 0) is 31.0 Å². The Morgan fingerprint density at radius 2 is 2.04 bits per heavy atom. The lowest BCUT2D eigenvalue weighted by Crippen LogP contribution is -2.39. The molecule has 2 aromatic rings. The average Bonchev–Trinajstić information content (AvgIpc) is 2.60. The van der Waals surface area contributed by atoms with Crippen molar-refractivity contribution in [1.29, 1.82) is 0 Å². The van der Waals surface area contributed by atoms with Crippen molar-refractivity contribution in [3.05, 3.63) is 65.5 Å². The molecule has 0 spiro atoms. The topological polar surface area (TPSA) is 38.3 Å². The molecule has 0 unspecified atom stereocenters. The molecular formula is C20H24FNO2S.